The molecule has 0 aliphatic carbocycles. The van der Waals surface area contributed by atoms with Crippen LogP contribution in [0.15, 0.2) is 36.8 Å². The third-order valence-electron chi connectivity index (χ3n) is 4.79. The minimum Gasteiger partial charge on any atom is -0.392 e. The average Bonchev–Trinajstić information content (AvgIpc) is 3.04. The lowest BCUT2D eigenvalue weighted by Gasteiger charge is -2.33. The standard InChI is InChI=1S/C19H26N2O/c1-12(2)9-16(19(22)13(3)4)18-15-8-6-5-7-14(15)17-10-20-11-21(17)18/h5-8,10-13,16,18-19,22H,9H2,1-4H3/t16-,18+,19-/m0/s1. The van der Waals surface area contributed by atoms with Crippen LogP contribution in [-0.2, 0) is 0 Å². The minimum atomic E-state index is -0.311. The van der Waals surface area contributed by atoms with Crippen molar-refractivity contribution in [3.63, 3.8) is 0 Å². The van der Waals surface area contributed by atoms with E-state index >= 15 is 0 Å². The second kappa shape index (κ2) is 5.88. The van der Waals surface area contributed by atoms with Gasteiger partial charge in [-0.1, -0.05) is 52.0 Å². The van der Waals surface area contributed by atoms with Crippen LogP contribution in [0.1, 0.15) is 45.7 Å². The fraction of sp³-hybridized carbons (Fsp3) is 0.526. The minimum absolute atomic E-state index is 0.188. The zero-order valence-corrected chi connectivity index (χ0v) is 13.9. The lowest BCUT2D eigenvalue weighted by atomic mass is 9.79. The summed E-state index contributed by atoms with van der Waals surface area (Å²) in [6.07, 6.45) is 4.55. The molecule has 1 aliphatic rings. The Labute approximate surface area is 133 Å². The molecule has 0 radical (unpaired) electrons. The number of aromatic nitrogens is 2. The molecule has 2 heterocycles. The van der Waals surface area contributed by atoms with Crippen molar-refractivity contribution in [1.82, 2.24) is 9.55 Å². The van der Waals surface area contributed by atoms with Gasteiger partial charge >= 0.3 is 0 Å². The Balaban J connectivity index is 2.08. The molecule has 0 saturated heterocycles. The molecule has 1 aromatic heterocycles. The number of aliphatic hydroxyl groups excluding tert-OH is 1. The van der Waals surface area contributed by atoms with Crippen LogP contribution in [0.3, 0.4) is 0 Å². The molecule has 0 fully saturated rings. The summed E-state index contributed by atoms with van der Waals surface area (Å²) in [5.74, 6) is 1.01. The van der Waals surface area contributed by atoms with Crippen molar-refractivity contribution < 1.29 is 5.11 Å². The van der Waals surface area contributed by atoms with Crippen LogP contribution in [0.5, 0.6) is 0 Å². The third-order valence-corrected chi connectivity index (χ3v) is 4.79. The van der Waals surface area contributed by atoms with Crippen LogP contribution in [0.2, 0.25) is 0 Å². The molecule has 0 amide bonds. The molecule has 1 aliphatic heterocycles. The Hall–Kier alpha value is -1.61. The topological polar surface area (TPSA) is 38.0 Å². The second-order valence-corrected chi connectivity index (χ2v) is 7.25. The summed E-state index contributed by atoms with van der Waals surface area (Å²) in [4.78, 5) is 4.34. The molecule has 3 nitrogen and oxygen atoms in total. The predicted octanol–water partition coefficient (Wildman–Crippen LogP) is 4.13. The monoisotopic (exact) mass is 298 g/mol. The maximum atomic E-state index is 10.9. The van der Waals surface area contributed by atoms with Gasteiger partial charge in [0.2, 0.25) is 0 Å². The van der Waals surface area contributed by atoms with E-state index < -0.39 is 0 Å². The molecule has 0 spiro atoms. The molecule has 22 heavy (non-hydrogen) atoms. The van der Waals surface area contributed by atoms with E-state index in [9.17, 15) is 5.11 Å². The fourth-order valence-electron chi connectivity index (χ4n) is 3.80. The molecular weight excluding hydrogens is 272 g/mol. The predicted molar refractivity (Wildman–Crippen MR) is 89.6 cm³/mol. The summed E-state index contributed by atoms with van der Waals surface area (Å²) >= 11 is 0. The largest absolute Gasteiger partial charge is 0.392 e. The molecule has 1 N–H and O–H groups in total. The first-order chi connectivity index (χ1) is 10.5. The van der Waals surface area contributed by atoms with Crippen molar-refractivity contribution in [2.24, 2.45) is 17.8 Å². The van der Waals surface area contributed by atoms with E-state index in [1.54, 1.807) is 0 Å². The number of nitrogens with zero attached hydrogens (tertiary/aromatic N) is 2. The fourth-order valence-corrected chi connectivity index (χ4v) is 3.80. The van der Waals surface area contributed by atoms with Gasteiger partial charge in [0.15, 0.2) is 0 Å². The number of aliphatic hydroxyl groups is 1. The molecule has 118 valence electrons. The molecule has 1 aromatic carbocycles. The third kappa shape index (κ3) is 2.48. The summed E-state index contributed by atoms with van der Waals surface area (Å²) < 4.78 is 2.25. The van der Waals surface area contributed by atoms with Crippen molar-refractivity contribution >= 4 is 0 Å². The van der Waals surface area contributed by atoms with E-state index in [-0.39, 0.29) is 24.0 Å². The van der Waals surface area contributed by atoms with Crippen molar-refractivity contribution in [2.75, 3.05) is 0 Å². The highest BCUT2D eigenvalue weighted by Gasteiger charge is 2.38. The number of rotatable bonds is 5. The molecular formula is C19H26N2O. The van der Waals surface area contributed by atoms with E-state index in [1.807, 2.05) is 12.5 Å². The molecule has 0 unspecified atom stereocenters. The Kier molecular flexibility index (Phi) is 4.09. The van der Waals surface area contributed by atoms with Crippen LogP contribution >= 0.6 is 0 Å². The summed E-state index contributed by atoms with van der Waals surface area (Å²) in [5.41, 5.74) is 3.75. The quantitative estimate of drug-likeness (QED) is 0.901. The van der Waals surface area contributed by atoms with Gasteiger partial charge in [-0.25, -0.2) is 4.98 Å². The van der Waals surface area contributed by atoms with Crippen molar-refractivity contribution in [2.45, 2.75) is 46.3 Å². The molecule has 3 heteroatoms. The van der Waals surface area contributed by atoms with E-state index in [4.69, 9.17) is 0 Å². The first-order valence-corrected chi connectivity index (χ1v) is 8.30. The van der Waals surface area contributed by atoms with Crippen LogP contribution in [0.4, 0.5) is 0 Å². The van der Waals surface area contributed by atoms with Crippen molar-refractivity contribution in [1.29, 1.82) is 0 Å². The number of fused-ring (bicyclic) bond motifs is 3. The maximum absolute atomic E-state index is 10.9. The van der Waals surface area contributed by atoms with Gasteiger partial charge in [0.1, 0.15) is 0 Å². The van der Waals surface area contributed by atoms with Crippen LogP contribution in [0, 0.1) is 17.8 Å². The first-order valence-electron chi connectivity index (χ1n) is 8.30. The van der Waals surface area contributed by atoms with E-state index in [1.165, 1.54) is 16.8 Å². The molecule has 3 rings (SSSR count). The lowest BCUT2D eigenvalue weighted by molar-refractivity contribution is 0.0364. The van der Waals surface area contributed by atoms with Crippen LogP contribution in [0.25, 0.3) is 11.3 Å². The highest BCUT2D eigenvalue weighted by Crippen LogP contribution is 2.46. The number of imidazole rings is 1. The van der Waals surface area contributed by atoms with Gasteiger partial charge in [-0.3, -0.25) is 0 Å². The van der Waals surface area contributed by atoms with Gasteiger partial charge in [-0.2, -0.15) is 0 Å². The number of benzene rings is 1. The Morgan fingerprint density at radius 2 is 1.91 bits per heavy atom. The first kappa shape index (κ1) is 15.3. The smallest absolute Gasteiger partial charge is 0.0956 e. The highest BCUT2D eigenvalue weighted by molar-refractivity contribution is 5.69. The Morgan fingerprint density at radius 3 is 2.59 bits per heavy atom. The molecule has 0 saturated carbocycles. The van der Waals surface area contributed by atoms with Crippen molar-refractivity contribution in [3.05, 3.63) is 42.4 Å². The second-order valence-electron chi connectivity index (χ2n) is 7.25. The summed E-state index contributed by atoms with van der Waals surface area (Å²) in [5, 5.41) is 10.9. The van der Waals surface area contributed by atoms with Gasteiger partial charge in [-0.15, -0.1) is 0 Å². The Bertz CT molecular complexity index is 644. The Morgan fingerprint density at radius 1 is 1.18 bits per heavy atom. The van der Waals surface area contributed by atoms with E-state index in [0.29, 0.717) is 5.92 Å². The zero-order chi connectivity index (χ0) is 15.9. The SMILES string of the molecule is CC(C)C[C@@H]([C@H]1c2ccccc2-c2cncn21)[C@@H](O)C(C)C. The molecule has 2 aromatic rings. The molecule has 0 bridgehead atoms. The van der Waals surface area contributed by atoms with Gasteiger partial charge < -0.3 is 9.67 Å². The van der Waals surface area contributed by atoms with Crippen LogP contribution in [-0.4, -0.2) is 20.8 Å². The highest BCUT2D eigenvalue weighted by atomic mass is 16.3. The summed E-state index contributed by atoms with van der Waals surface area (Å²) in [7, 11) is 0. The lowest BCUT2D eigenvalue weighted by Crippen LogP contribution is -2.34. The normalized spacial score (nSPS) is 19.3. The van der Waals surface area contributed by atoms with E-state index in [2.05, 4.69) is 61.5 Å². The zero-order valence-electron chi connectivity index (χ0n) is 13.9. The molecule has 3 atom stereocenters. The number of hydrogen-bond acceptors (Lipinski definition) is 2. The van der Waals surface area contributed by atoms with Crippen molar-refractivity contribution in [3.8, 4) is 11.3 Å². The summed E-state index contributed by atoms with van der Waals surface area (Å²) in [6, 6.07) is 8.73. The van der Waals surface area contributed by atoms with Gasteiger partial charge in [0.25, 0.3) is 0 Å². The van der Waals surface area contributed by atoms with Gasteiger partial charge in [-0.05, 0) is 23.8 Å². The summed E-state index contributed by atoms with van der Waals surface area (Å²) in [6.45, 7) is 8.67. The average molecular weight is 298 g/mol. The maximum Gasteiger partial charge on any atom is 0.0956 e. The van der Waals surface area contributed by atoms with E-state index in [0.717, 1.165) is 6.42 Å². The van der Waals surface area contributed by atoms with Gasteiger partial charge in [0, 0.05) is 11.5 Å². The number of hydrogen-bond donors (Lipinski definition) is 1. The van der Waals surface area contributed by atoms with Gasteiger partial charge in [0.05, 0.1) is 30.4 Å². The van der Waals surface area contributed by atoms with Crippen LogP contribution < -0.4 is 0 Å².